The predicted octanol–water partition coefficient (Wildman–Crippen LogP) is 14.0. The lowest BCUT2D eigenvalue weighted by Crippen LogP contribution is -2.36. The zero-order chi connectivity index (χ0) is 79.1. The Morgan fingerprint density at radius 2 is 0.748 bits per heavy atom. The van der Waals surface area contributed by atoms with Crippen LogP contribution in [0.3, 0.4) is 0 Å². The van der Waals surface area contributed by atoms with Crippen molar-refractivity contribution in [2.24, 2.45) is 17.8 Å². The smallest absolute Gasteiger partial charge is 0.415 e. The highest BCUT2D eigenvalue weighted by molar-refractivity contribution is 7.99. The average Bonchev–Trinajstić information content (AvgIpc) is 1.12. The molecule has 0 saturated carbocycles. The molecular formula is C71H114N2O24S3Si3. The number of aliphatic hydroxyl groups excluding tert-OH is 2. The Kier molecular flexibility index (Phi) is 64.5. The second-order valence-corrected chi connectivity index (χ2v) is 36.0. The van der Waals surface area contributed by atoms with Gasteiger partial charge in [-0.25, -0.2) is 14.4 Å². The quantitative estimate of drug-likeness (QED) is 0.00693. The van der Waals surface area contributed by atoms with Crippen LogP contribution in [0, 0.1) is 29.3 Å². The largest absolute Gasteiger partial charge is 0.481 e. The minimum Gasteiger partial charge on any atom is -0.481 e. The Morgan fingerprint density at radius 3 is 1.01 bits per heavy atom. The van der Waals surface area contributed by atoms with Crippen molar-refractivity contribution in [3.05, 3.63) is 153 Å². The van der Waals surface area contributed by atoms with Gasteiger partial charge in [-0.3, -0.25) is 14.4 Å². The molecule has 0 aliphatic rings. The maximum absolute atomic E-state index is 12.0. The fraction of sp³-hybridized carbons (Fsp3) is 0.507. The minimum absolute atomic E-state index is 0.0310. The van der Waals surface area contributed by atoms with Crippen LogP contribution in [0.5, 0.6) is 0 Å². The van der Waals surface area contributed by atoms with E-state index in [0.717, 1.165) is 71.9 Å². The molecule has 32 heteroatoms. The molecule has 3 unspecified atom stereocenters. The molecule has 0 bridgehead atoms. The molecule has 0 radical (unpaired) electrons. The van der Waals surface area contributed by atoms with E-state index in [4.69, 9.17) is 70.5 Å². The van der Waals surface area contributed by atoms with Gasteiger partial charge in [-0.05, 0) is 127 Å². The number of nitrogens with one attached hydrogen (secondary N) is 1. The van der Waals surface area contributed by atoms with Crippen LogP contribution in [0.1, 0.15) is 53.9 Å². The van der Waals surface area contributed by atoms with Crippen LogP contribution in [0.15, 0.2) is 168 Å². The number of nitriles is 1. The van der Waals surface area contributed by atoms with Gasteiger partial charge in [0.05, 0.1) is 24.3 Å². The molecule has 3 aromatic rings. The summed E-state index contributed by atoms with van der Waals surface area (Å²) in [4.78, 5) is 71.2. The molecule has 0 aliphatic heterocycles. The molecule has 1 amide bonds. The summed E-state index contributed by atoms with van der Waals surface area (Å²) < 4.78 is 78.9. The van der Waals surface area contributed by atoms with Gasteiger partial charge in [-0.2, -0.15) is 5.26 Å². The lowest BCUT2D eigenvalue weighted by atomic mass is 10.2. The Hall–Kier alpha value is -6.79. The lowest BCUT2D eigenvalue weighted by Gasteiger charge is -2.22. The number of thioether (sulfide) groups is 3. The Labute approximate surface area is 627 Å². The number of methoxy groups -OCH3 is 3. The normalized spacial score (nSPS) is 11.3. The molecule has 3 aromatic carbocycles. The van der Waals surface area contributed by atoms with E-state index < -0.39 is 85.4 Å². The van der Waals surface area contributed by atoms with Crippen LogP contribution in [0.2, 0.25) is 37.8 Å². The van der Waals surface area contributed by atoms with E-state index in [1.165, 1.54) is 24.9 Å². The molecule has 0 heterocycles. The highest BCUT2D eigenvalue weighted by atomic mass is 32.2. The molecule has 0 aliphatic carbocycles. The Morgan fingerprint density at radius 1 is 0.456 bits per heavy atom. The highest BCUT2D eigenvalue weighted by Crippen LogP contribution is 2.24. The van der Waals surface area contributed by atoms with E-state index in [9.17, 15) is 28.8 Å². The number of benzene rings is 3. The van der Waals surface area contributed by atoms with Gasteiger partial charge in [-0.1, -0.05) is 88.5 Å². The number of ether oxygens (including phenoxy) is 10. The first-order valence-corrected chi connectivity index (χ1v) is 42.8. The SMILES string of the molecule is C=C(C)C(=O)OCCOC#N.C=C(O)OC(=O)C(C)CSc1ccccc1.C=C(O)OC(=O)C(C)CSc1ccccc1.C=C(OC(=O)NCCOC(=O)C(=C)C)OC(=O)C(C)CSc1ccccc1.COCCC[Si](C)(OC)OC.COCCC[Si](C)(OC)OC.COCCC[Si](C)(OC)OC. The van der Waals surface area contributed by atoms with E-state index in [2.05, 4.69) is 76.8 Å². The zero-order valence-corrected chi connectivity index (χ0v) is 68.7. The van der Waals surface area contributed by atoms with E-state index >= 15 is 0 Å². The molecule has 26 nitrogen and oxygen atoms in total. The first-order valence-electron chi connectivity index (χ1n) is 32.2. The number of alkyl carbamates (subject to hydrolysis) is 1. The van der Waals surface area contributed by atoms with Crippen molar-refractivity contribution >= 4 is 96.9 Å². The second kappa shape index (κ2) is 64.8. The molecule has 0 aromatic heterocycles. The van der Waals surface area contributed by atoms with E-state index in [0.29, 0.717) is 22.8 Å². The zero-order valence-electron chi connectivity index (χ0n) is 63.3. The van der Waals surface area contributed by atoms with Crippen LogP contribution in [0.25, 0.3) is 0 Å². The first kappa shape index (κ1) is 103. The van der Waals surface area contributed by atoms with Crippen molar-refractivity contribution in [1.29, 1.82) is 5.26 Å². The number of amides is 1. The number of nitrogens with zero attached hydrogens (tertiary/aromatic N) is 1. The number of carbonyl (C=O) groups excluding carboxylic acids is 6. The van der Waals surface area contributed by atoms with Gasteiger partial charge >= 0.3 is 61.6 Å². The Bertz CT molecular complexity index is 2740. The van der Waals surface area contributed by atoms with Crippen LogP contribution in [0.4, 0.5) is 4.79 Å². The van der Waals surface area contributed by atoms with Crippen molar-refractivity contribution in [2.45, 2.75) is 106 Å². The van der Waals surface area contributed by atoms with Gasteiger partial charge in [0.15, 0.2) is 0 Å². The predicted molar refractivity (Wildman–Crippen MR) is 408 cm³/mol. The van der Waals surface area contributed by atoms with Crippen LogP contribution < -0.4 is 5.32 Å². The summed E-state index contributed by atoms with van der Waals surface area (Å²) in [6.45, 7) is 33.4. The summed E-state index contributed by atoms with van der Waals surface area (Å²) in [7, 11) is 9.94. The van der Waals surface area contributed by atoms with Crippen molar-refractivity contribution in [2.75, 3.05) is 127 Å². The van der Waals surface area contributed by atoms with E-state index in [-0.39, 0.29) is 43.8 Å². The maximum atomic E-state index is 12.0. The number of esters is 5. The van der Waals surface area contributed by atoms with Crippen molar-refractivity contribution in [3.63, 3.8) is 0 Å². The number of aliphatic hydroxyl groups is 2. The van der Waals surface area contributed by atoms with E-state index in [1.54, 1.807) is 115 Å². The summed E-state index contributed by atoms with van der Waals surface area (Å²) in [5.41, 5.74) is 0.597. The summed E-state index contributed by atoms with van der Waals surface area (Å²) in [6, 6.07) is 32.2. The van der Waals surface area contributed by atoms with Crippen molar-refractivity contribution in [3.8, 4) is 6.26 Å². The third-order valence-corrected chi connectivity index (χ3v) is 25.9. The number of hydrogen-bond donors (Lipinski definition) is 3. The maximum Gasteiger partial charge on any atom is 0.415 e. The minimum atomic E-state index is -1.81. The molecular weight excluding hydrogens is 1450 g/mol. The van der Waals surface area contributed by atoms with Gasteiger partial charge in [0.2, 0.25) is 0 Å². The fourth-order valence-corrected chi connectivity index (χ4v) is 13.3. The molecule has 0 spiro atoms. The third kappa shape index (κ3) is 60.2. The standard InChI is InChI=1S/C19H23NO6S.2C12H14O3S.C7H9NO3.3C7H18O3Si/c1-13(2)17(21)24-11-10-20-19(23)26-15(4)25-18(22)14(3)12-27-16-8-6-5-7-9-16;2*1-9(12(14)15-10(2)13)8-16-11-6-4-3-5-7-11;1-6(2)7(9)11-4-3-10-5-8;3*1-8-6-5-7-11(4,9-2)10-3/h5-9,14H,1,4,10-12H2,2-3H3,(H,20,23);2*3-7,9,13H,2,8H2,1H3;1,3-4H2,2H3;3*5-7H2,1-4H3. The summed E-state index contributed by atoms with van der Waals surface area (Å²) >= 11 is 4.66. The first-order chi connectivity index (χ1) is 48.7. The van der Waals surface area contributed by atoms with E-state index in [1.807, 2.05) is 91.0 Å². The molecule has 3 rings (SSSR count). The average molecular weight is 1560 g/mol. The molecule has 103 heavy (non-hydrogen) atoms. The topological polar surface area (TPSA) is 326 Å². The molecule has 3 atom stereocenters. The number of hydrogen-bond acceptors (Lipinski definition) is 28. The molecule has 582 valence electrons. The van der Waals surface area contributed by atoms with Gasteiger partial charge in [0.1, 0.15) is 19.8 Å². The third-order valence-electron chi connectivity index (χ3n) is 13.1. The summed E-state index contributed by atoms with van der Waals surface area (Å²) in [5, 5.41) is 27.7. The number of rotatable bonds is 42. The van der Waals surface area contributed by atoms with Crippen molar-refractivity contribution in [1.82, 2.24) is 5.32 Å². The molecule has 0 saturated heterocycles. The highest BCUT2D eigenvalue weighted by Gasteiger charge is 2.29. The van der Waals surface area contributed by atoms with Gasteiger partial charge in [0.25, 0.3) is 24.1 Å². The Balaban J connectivity index is -0.000000573. The van der Waals surface area contributed by atoms with Crippen LogP contribution in [-0.2, 0) is 97.9 Å². The second-order valence-electron chi connectivity index (χ2n) is 22.0. The van der Waals surface area contributed by atoms with Gasteiger partial charge in [0, 0.05) is 127 Å². The van der Waals surface area contributed by atoms with Crippen LogP contribution in [-0.4, -0.2) is 199 Å². The summed E-state index contributed by atoms with van der Waals surface area (Å²) in [5.74, 6) is -3.28. The van der Waals surface area contributed by atoms with Crippen molar-refractivity contribution < 1.29 is 113 Å². The fourth-order valence-electron chi connectivity index (χ4n) is 6.46. The number of carbonyl (C=O) groups is 6. The van der Waals surface area contributed by atoms with Gasteiger partial charge in [-0.15, -0.1) is 35.3 Å². The molecule has 0 fully saturated rings. The van der Waals surface area contributed by atoms with Crippen LogP contribution >= 0.6 is 35.3 Å². The molecule has 3 N–H and O–H groups in total. The monoisotopic (exact) mass is 1560 g/mol. The summed E-state index contributed by atoms with van der Waals surface area (Å²) in [6.07, 6.45) is 3.63. The lowest BCUT2D eigenvalue weighted by molar-refractivity contribution is -0.147. The van der Waals surface area contributed by atoms with Gasteiger partial charge < -0.3 is 89.5 Å².